The first-order chi connectivity index (χ1) is 7.76. The predicted molar refractivity (Wildman–Crippen MR) is 71.7 cm³/mol. The van der Waals surface area contributed by atoms with Crippen molar-refractivity contribution in [1.29, 1.82) is 0 Å². The molecule has 0 unspecified atom stereocenters. The highest BCUT2D eigenvalue weighted by molar-refractivity contribution is 5.85. The number of likely N-dealkylation sites (N-methyl/N-ethyl adjacent to an activating group) is 1. The van der Waals surface area contributed by atoms with E-state index in [-0.39, 0.29) is 18.4 Å². The summed E-state index contributed by atoms with van der Waals surface area (Å²) in [7, 11) is 0. The van der Waals surface area contributed by atoms with E-state index in [1.165, 1.54) is 0 Å². The van der Waals surface area contributed by atoms with Gasteiger partial charge in [-0.25, -0.2) is 0 Å². The number of nitrogens with zero attached hydrogens (tertiary/aromatic N) is 1. The summed E-state index contributed by atoms with van der Waals surface area (Å²) in [5, 5.41) is 0. The van der Waals surface area contributed by atoms with E-state index in [0.29, 0.717) is 12.3 Å². The average molecular weight is 258 g/mol. The molecule has 1 rings (SSSR count). The molecule has 96 valence electrons. The molecule has 0 heterocycles. The highest BCUT2D eigenvalue weighted by Crippen LogP contribution is 2.08. The third kappa shape index (κ3) is 6.29. The topological polar surface area (TPSA) is 29.5 Å². The summed E-state index contributed by atoms with van der Waals surface area (Å²) in [6.07, 6.45) is 1.05. The molecule has 0 saturated heterocycles. The summed E-state index contributed by atoms with van der Waals surface area (Å²) in [5.74, 6) is 0.418. The lowest BCUT2D eigenvalue weighted by Gasteiger charge is -2.17. The van der Waals surface area contributed by atoms with Gasteiger partial charge in [-0.05, 0) is 31.6 Å². The van der Waals surface area contributed by atoms with Gasteiger partial charge in [0.1, 0.15) is 5.75 Å². The minimum Gasteiger partial charge on any atom is -0.426 e. The maximum absolute atomic E-state index is 11.6. The van der Waals surface area contributed by atoms with Gasteiger partial charge in [-0.3, -0.25) is 9.69 Å². The first-order valence-corrected chi connectivity index (χ1v) is 5.74. The monoisotopic (exact) mass is 257 g/mol. The number of esters is 1. The van der Waals surface area contributed by atoms with Gasteiger partial charge < -0.3 is 4.74 Å². The summed E-state index contributed by atoms with van der Waals surface area (Å²) in [6, 6.07) is 9.17. The number of carbonyl (C=O) groups excluding carboxylic acids is 1. The molecule has 0 spiro atoms. The van der Waals surface area contributed by atoms with Gasteiger partial charge in [0.05, 0.1) is 6.54 Å². The number of ether oxygens (including phenoxy) is 1. The number of halogens is 1. The summed E-state index contributed by atoms with van der Waals surface area (Å²) in [5.41, 5.74) is 0. The molecular formula is C13H20ClNO2. The average Bonchev–Trinajstić information content (AvgIpc) is 2.29. The smallest absolute Gasteiger partial charge is 0.325 e. The van der Waals surface area contributed by atoms with E-state index in [1.807, 2.05) is 25.1 Å². The van der Waals surface area contributed by atoms with Crippen molar-refractivity contribution in [2.75, 3.05) is 19.6 Å². The molecule has 1 aromatic carbocycles. The molecule has 0 radical (unpaired) electrons. The lowest BCUT2D eigenvalue weighted by Crippen LogP contribution is -2.32. The van der Waals surface area contributed by atoms with Crippen molar-refractivity contribution in [2.24, 2.45) is 0 Å². The Morgan fingerprint density at radius 1 is 1.24 bits per heavy atom. The lowest BCUT2D eigenvalue weighted by molar-refractivity contribution is -0.135. The summed E-state index contributed by atoms with van der Waals surface area (Å²) < 4.78 is 5.21. The van der Waals surface area contributed by atoms with Gasteiger partial charge in [0.2, 0.25) is 0 Å². The van der Waals surface area contributed by atoms with Crippen LogP contribution in [0.4, 0.5) is 0 Å². The fraction of sp³-hybridized carbons (Fsp3) is 0.462. The number of hydrogen-bond donors (Lipinski definition) is 0. The van der Waals surface area contributed by atoms with Crippen molar-refractivity contribution in [3.8, 4) is 5.75 Å². The van der Waals surface area contributed by atoms with Crippen molar-refractivity contribution in [2.45, 2.75) is 20.3 Å². The van der Waals surface area contributed by atoms with E-state index in [4.69, 9.17) is 4.74 Å². The molecule has 0 bridgehead atoms. The maximum Gasteiger partial charge on any atom is 0.325 e. The largest absolute Gasteiger partial charge is 0.426 e. The highest BCUT2D eigenvalue weighted by atomic mass is 35.5. The fourth-order valence-electron chi connectivity index (χ4n) is 1.50. The Morgan fingerprint density at radius 3 is 2.41 bits per heavy atom. The molecule has 0 aliphatic rings. The van der Waals surface area contributed by atoms with E-state index in [2.05, 4.69) is 11.8 Å². The molecule has 0 atom stereocenters. The number of carbonyl (C=O) groups is 1. The maximum atomic E-state index is 11.6. The zero-order chi connectivity index (χ0) is 11.8. The standard InChI is InChI=1S/C13H19NO2.ClH/c1-3-10-14(4-2)11-13(15)16-12-8-6-5-7-9-12;/h5-9H,3-4,10-11H2,1-2H3;1H. The minimum atomic E-state index is -0.193. The van der Waals surface area contributed by atoms with Crippen LogP contribution in [-0.2, 0) is 4.79 Å². The quantitative estimate of drug-likeness (QED) is 0.580. The SMILES string of the molecule is CCCN(CC)CC(=O)Oc1ccccc1.Cl. The summed E-state index contributed by atoms with van der Waals surface area (Å²) >= 11 is 0. The van der Waals surface area contributed by atoms with Crippen LogP contribution < -0.4 is 4.74 Å². The van der Waals surface area contributed by atoms with Crippen LogP contribution in [0.3, 0.4) is 0 Å². The lowest BCUT2D eigenvalue weighted by atomic mass is 10.3. The van der Waals surface area contributed by atoms with Crippen molar-refractivity contribution in [3.05, 3.63) is 30.3 Å². The zero-order valence-corrected chi connectivity index (χ0v) is 11.2. The molecule has 0 aliphatic heterocycles. The van der Waals surface area contributed by atoms with Crippen LogP contribution in [0.25, 0.3) is 0 Å². The highest BCUT2D eigenvalue weighted by Gasteiger charge is 2.09. The van der Waals surface area contributed by atoms with E-state index in [9.17, 15) is 4.79 Å². The molecule has 17 heavy (non-hydrogen) atoms. The predicted octanol–water partition coefficient (Wildman–Crippen LogP) is 2.75. The van der Waals surface area contributed by atoms with E-state index in [1.54, 1.807) is 12.1 Å². The Labute approximate surface area is 109 Å². The minimum absolute atomic E-state index is 0. The second-order valence-electron chi connectivity index (χ2n) is 3.66. The van der Waals surface area contributed by atoms with Gasteiger partial charge in [-0.1, -0.05) is 32.0 Å². The first-order valence-electron chi connectivity index (χ1n) is 5.74. The Balaban J connectivity index is 0.00000256. The van der Waals surface area contributed by atoms with Crippen molar-refractivity contribution < 1.29 is 9.53 Å². The number of benzene rings is 1. The third-order valence-corrected chi connectivity index (χ3v) is 2.31. The van der Waals surface area contributed by atoms with Gasteiger partial charge in [-0.15, -0.1) is 12.4 Å². The fourth-order valence-corrected chi connectivity index (χ4v) is 1.50. The normalized spacial score (nSPS) is 9.82. The Morgan fingerprint density at radius 2 is 1.88 bits per heavy atom. The van der Waals surface area contributed by atoms with Gasteiger partial charge in [0.25, 0.3) is 0 Å². The van der Waals surface area contributed by atoms with Crippen molar-refractivity contribution >= 4 is 18.4 Å². The molecule has 0 aromatic heterocycles. The summed E-state index contributed by atoms with van der Waals surface area (Å²) in [6.45, 7) is 6.31. The molecule has 4 heteroatoms. The van der Waals surface area contributed by atoms with Gasteiger partial charge in [-0.2, -0.15) is 0 Å². The van der Waals surface area contributed by atoms with Gasteiger partial charge in [0, 0.05) is 0 Å². The first kappa shape index (κ1) is 15.9. The van der Waals surface area contributed by atoms with Crippen molar-refractivity contribution in [3.63, 3.8) is 0 Å². The summed E-state index contributed by atoms with van der Waals surface area (Å²) in [4.78, 5) is 13.7. The van der Waals surface area contributed by atoms with Crippen LogP contribution in [0.2, 0.25) is 0 Å². The Bertz CT molecular complexity index is 316. The number of para-hydroxylation sites is 1. The number of hydrogen-bond acceptors (Lipinski definition) is 3. The van der Waals surface area contributed by atoms with Crippen LogP contribution in [0, 0.1) is 0 Å². The molecule has 0 saturated carbocycles. The molecule has 0 N–H and O–H groups in total. The molecular weight excluding hydrogens is 238 g/mol. The molecule has 3 nitrogen and oxygen atoms in total. The van der Waals surface area contributed by atoms with Crippen LogP contribution in [0.1, 0.15) is 20.3 Å². The molecule has 0 fully saturated rings. The van der Waals surface area contributed by atoms with Gasteiger partial charge in [0.15, 0.2) is 0 Å². The van der Waals surface area contributed by atoms with E-state index in [0.717, 1.165) is 19.5 Å². The van der Waals surface area contributed by atoms with E-state index < -0.39 is 0 Å². The van der Waals surface area contributed by atoms with Gasteiger partial charge >= 0.3 is 5.97 Å². The Hall–Kier alpha value is -1.06. The molecule has 0 amide bonds. The van der Waals surface area contributed by atoms with Crippen LogP contribution in [0.5, 0.6) is 5.75 Å². The molecule has 0 aliphatic carbocycles. The third-order valence-electron chi connectivity index (χ3n) is 2.31. The second kappa shape index (κ2) is 9.02. The van der Waals surface area contributed by atoms with Crippen LogP contribution in [-0.4, -0.2) is 30.5 Å². The van der Waals surface area contributed by atoms with E-state index >= 15 is 0 Å². The Kier molecular flexibility index (Phi) is 8.46. The molecule has 1 aromatic rings. The number of rotatable bonds is 6. The van der Waals surface area contributed by atoms with Crippen LogP contribution in [0.15, 0.2) is 30.3 Å². The van der Waals surface area contributed by atoms with Crippen LogP contribution >= 0.6 is 12.4 Å². The zero-order valence-electron chi connectivity index (χ0n) is 10.4. The second-order valence-corrected chi connectivity index (χ2v) is 3.66. The van der Waals surface area contributed by atoms with Crippen molar-refractivity contribution in [1.82, 2.24) is 4.90 Å².